The summed E-state index contributed by atoms with van der Waals surface area (Å²) in [5.74, 6) is 0. The molecule has 0 aliphatic heterocycles. The van der Waals surface area contributed by atoms with Crippen molar-refractivity contribution in [1.29, 1.82) is 0 Å². The van der Waals surface area contributed by atoms with Crippen molar-refractivity contribution in [3.8, 4) is 11.3 Å². The molecule has 0 fully saturated rings. The van der Waals surface area contributed by atoms with E-state index in [1.165, 1.54) is 24.4 Å². The Morgan fingerprint density at radius 3 is 2.64 bits per heavy atom. The molecule has 4 nitrogen and oxygen atoms in total. The standard InChI is InChI=1S/C10H8N2O2/c13-7-1-4-12-9(5-7)8-6-11-3-2-10(8)14/h1-6H,(H,11,14)(H,12,13). The second-order valence-corrected chi connectivity index (χ2v) is 2.86. The summed E-state index contributed by atoms with van der Waals surface area (Å²) in [6.07, 6.45) is 4.63. The summed E-state index contributed by atoms with van der Waals surface area (Å²) in [6.45, 7) is 0. The summed E-state index contributed by atoms with van der Waals surface area (Å²) in [5, 5.41) is 0. The molecular formula is C10H8N2O2. The third kappa shape index (κ3) is 1.50. The summed E-state index contributed by atoms with van der Waals surface area (Å²) in [5.41, 5.74) is 0.747. The van der Waals surface area contributed by atoms with Crippen LogP contribution in [-0.2, 0) is 0 Å². The fourth-order valence-electron chi connectivity index (χ4n) is 1.23. The van der Waals surface area contributed by atoms with Crippen molar-refractivity contribution >= 4 is 0 Å². The maximum absolute atomic E-state index is 11.4. The van der Waals surface area contributed by atoms with E-state index in [4.69, 9.17) is 0 Å². The highest BCUT2D eigenvalue weighted by Crippen LogP contribution is 2.06. The quantitative estimate of drug-likeness (QED) is 0.692. The smallest absolute Gasteiger partial charge is 0.190 e. The predicted molar refractivity (Wildman–Crippen MR) is 53.1 cm³/mol. The van der Waals surface area contributed by atoms with Crippen LogP contribution in [0.15, 0.2) is 46.4 Å². The fraction of sp³-hybridized carbons (Fsp3) is 0. The maximum atomic E-state index is 11.4. The monoisotopic (exact) mass is 188 g/mol. The van der Waals surface area contributed by atoms with Crippen LogP contribution in [0, 0.1) is 0 Å². The van der Waals surface area contributed by atoms with Gasteiger partial charge < -0.3 is 9.97 Å². The van der Waals surface area contributed by atoms with Crippen LogP contribution < -0.4 is 10.9 Å². The van der Waals surface area contributed by atoms with E-state index in [-0.39, 0.29) is 10.9 Å². The molecule has 0 radical (unpaired) electrons. The van der Waals surface area contributed by atoms with Crippen LogP contribution in [0.5, 0.6) is 0 Å². The predicted octanol–water partition coefficient (Wildman–Crippen LogP) is 0.730. The molecule has 0 saturated carbocycles. The average Bonchev–Trinajstić information content (AvgIpc) is 2.18. The third-order valence-electron chi connectivity index (χ3n) is 1.89. The Morgan fingerprint density at radius 1 is 1.07 bits per heavy atom. The van der Waals surface area contributed by atoms with Gasteiger partial charge in [0.15, 0.2) is 10.9 Å². The van der Waals surface area contributed by atoms with Crippen molar-refractivity contribution in [3.63, 3.8) is 0 Å². The lowest BCUT2D eigenvalue weighted by molar-refractivity contribution is 1.25. The molecule has 0 aliphatic rings. The van der Waals surface area contributed by atoms with Gasteiger partial charge in [0.1, 0.15) is 0 Å². The SMILES string of the molecule is O=c1cc[nH]c(-c2c[nH]ccc2=O)c1. The van der Waals surface area contributed by atoms with E-state index in [2.05, 4.69) is 9.97 Å². The Bertz CT molecular complexity index is 554. The Hall–Kier alpha value is -2.10. The largest absolute Gasteiger partial charge is 0.367 e. The van der Waals surface area contributed by atoms with Gasteiger partial charge in [0, 0.05) is 36.8 Å². The second-order valence-electron chi connectivity index (χ2n) is 2.86. The Balaban J connectivity index is 2.67. The number of pyridine rings is 2. The van der Waals surface area contributed by atoms with Gasteiger partial charge in [-0.15, -0.1) is 0 Å². The van der Waals surface area contributed by atoms with Gasteiger partial charge in [-0.2, -0.15) is 0 Å². The lowest BCUT2D eigenvalue weighted by Gasteiger charge is -1.98. The topological polar surface area (TPSA) is 65.7 Å². The normalized spacial score (nSPS) is 10.0. The minimum Gasteiger partial charge on any atom is -0.367 e. The molecule has 70 valence electrons. The highest BCUT2D eigenvalue weighted by atomic mass is 16.1. The van der Waals surface area contributed by atoms with Crippen molar-refractivity contribution in [2.24, 2.45) is 0 Å². The molecular weight excluding hydrogens is 180 g/mol. The molecule has 2 N–H and O–H groups in total. The molecule has 14 heavy (non-hydrogen) atoms. The summed E-state index contributed by atoms with van der Waals surface area (Å²) in [7, 11) is 0. The number of hydrogen-bond donors (Lipinski definition) is 2. The summed E-state index contributed by atoms with van der Waals surface area (Å²) < 4.78 is 0. The fourth-order valence-corrected chi connectivity index (χ4v) is 1.23. The van der Waals surface area contributed by atoms with Gasteiger partial charge in [-0.25, -0.2) is 0 Å². The van der Waals surface area contributed by atoms with Crippen molar-refractivity contribution in [3.05, 3.63) is 57.2 Å². The van der Waals surface area contributed by atoms with Gasteiger partial charge in [0.25, 0.3) is 0 Å². The van der Waals surface area contributed by atoms with Crippen LogP contribution in [0.2, 0.25) is 0 Å². The molecule has 0 aliphatic carbocycles. The van der Waals surface area contributed by atoms with E-state index in [0.717, 1.165) is 0 Å². The van der Waals surface area contributed by atoms with Crippen molar-refractivity contribution in [2.75, 3.05) is 0 Å². The number of nitrogens with one attached hydrogen (secondary N) is 2. The van der Waals surface area contributed by atoms with Gasteiger partial charge in [-0.1, -0.05) is 0 Å². The first-order chi connectivity index (χ1) is 6.77. The molecule has 0 atom stereocenters. The molecule has 0 bridgehead atoms. The average molecular weight is 188 g/mol. The first-order valence-corrected chi connectivity index (χ1v) is 4.13. The van der Waals surface area contributed by atoms with Crippen LogP contribution in [0.4, 0.5) is 0 Å². The number of aromatic nitrogens is 2. The molecule has 2 aromatic heterocycles. The summed E-state index contributed by atoms with van der Waals surface area (Å²) in [4.78, 5) is 28.1. The molecule has 2 heterocycles. The van der Waals surface area contributed by atoms with Gasteiger partial charge in [-0.3, -0.25) is 9.59 Å². The Labute approximate surface area is 79.3 Å². The number of aromatic amines is 2. The number of rotatable bonds is 1. The van der Waals surface area contributed by atoms with Crippen LogP contribution in [0.1, 0.15) is 0 Å². The zero-order valence-corrected chi connectivity index (χ0v) is 7.28. The van der Waals surface area contributed by atoms with Gasteiger partial charge in [-0.05, 0) is 0 Å². The first kappa shape index (κ1) is 8.50. The van der Waals surface area contributed by atoms with Gasteiger partial charge >= 0.3 is 0 Å². The van der Waals surface area contributed by atoms with Crippen LogP contribution in [0.25, 0.3) is 11.3 Å². The van der Waals surface area contributed by atoms with Crippen molar-refractivity contribution in [1.82, 2.24) is 9.97 Å². The van der Waals surface area contributed by atoms with Crippen LogP contribution >= 0.6 is 0 Å². The molecule has 0 unspecified atom stereocenters. The zero-order valence-electron chi connectivity index (χ0n) is 7.28. The van der Waals surface area contributed by atoms with E-state index in [0.29, 0.717) is 11.3 Å². The van der Waals surface area contributed by atoms with E-state index >= 15 is 0 Å². The molecule has 0 saturated heterocycles. The van der Waals surface area contributed by atoms with Crippen molar-refractivity contribution in [2.45, 2.75) is 0 Å². The number of hydrogen-bond acceptors (Lipinski definition) is 2. The second kappa shape index (κ2) is 3.33. The summed E-state index contributed by atoms with van der Waals surface area (Å²) in [6, 6.07) is 4.21. The van der Waals surface area contributed by atoms with Crippen LogP contribution in [0.3, 0.4) is 0 Å². The van der Waals surface area contributed by atoms with Gasteiger partial charge in [0.2, 0.25) is 0 Å². The molecule has 4 heteroatoms. The maximum Gasteiger partial charge on any atom is 0.190 e. The molecule has 0 aromatic carbocycles. The molecule has 2 aromatic rings. The Kier molecular flexibility index (Phi) is 2.02. The number of H-pyrrole nitrogens is 2. The zero-order chi connectivity index (χ0) is 9.97. The van der Waals surface area contributed by atoms with E-state index < -0.39 is 0 Å². The van der Waals surface area contributed by atoms with Gasteiger partial charge in [0.05, 0.1) is 11.3 Å². The third-order valence-corrected chi connectivity index (χ3v) is 1.89. The van der Waals surface area contributed by atoms with Crippen molar-refractivity contribution < 1.29 is 0 Å². The minimum absolute atomic E-state index is 0.120. The van der Waals surface area contributed by atoms with E-state index in [1.54, 1.807) is 12.4 Å². The summed E-state index contributed by atoms with van der Waals surface area (Å²) >= 11 is 0. The van der Waals surface area contributed by atoms with E-state index in [1.807, 2.05) is 0 Å². The highest BCUT2D eigenvalue weighted by Gasteiger charge is 2.01. The van der Waals surface area contributed by atoms with Crippen LogP contribution in [-0.4, -0.2) is 9.97 Å². The lowest BCUT2D eigenvalue weighted by atomic mass is 10.2. The van der Waals surface area contributed by atoms with E-state index in [9.17, 15) is 9.59 Å². The first-order valence-electron chi connectivity index (χ1n) is 4.13. The highest BCUT2D eigenvalue weighted by molar-refractivity contribution is 5.56. The minimum atomic E-state index is -0.123. The molecule has 0 spiro atoms. The molecule has 0 amide bonds. The molecule has 2 rings (SSSR count). The Morgan fingerprint density at radius 2 is 1.93 bits per heavy atom. The lowest BCUT2D eigenvalue weighted by Crippen LogP contribution is -2.06.